The summed E-state index contributed by atoms with van der Waals surface area (Å²) in [6.45, 7) is 2.51. The first-order valence-corrected chi connectivity index (χ1v) is 13.1. The fourth-order valence-corrected chi connectivity index (χ4v) is 5.97. The number of carboxylic acid groups (broad SMARTS) is 1. The van der Waals surface area contributed by atoms with Crippen molar-refractivity contribution in [2.45, 2.75) is 43.2 Å². The van der Waals surface area contributed by atoms with Crippen molar-refractivity contribution in [2.75, 3.05) is 26.0 Å². The molecule has 0 spiro atoms. The predicted molar refractivity (Wildman–Crippen MR) is 141 cm³/mol. The minimum atomic E-state index is -0.996. The normalized spacial score (nSPS) is 18.2. The molecule has 2 unspecified atom stereocenters. The average molecular weight is 492 g/mol. The number of hydrogen-bond acceptors (Lipinski definition) is 5. The van der Waals surface area contributed by atoms with Gasteiger partial charge in [0.15, 0.2) is 6.61 Å². The lowest BCUT2D eigenvalue weighted by atomic mass is 9.87. The summed E-state index contributed by atoms with van der Waals surface area (Å²) in [6, 6.07) is 26.3. The molecule has 2 atom stereocenters. The molecule has 0 aliphatic carbocycles. The number of piperidine rings is 1. The van der Waals surface area contributed by atoms with E-state index in [0.29, 0.717) is 23.6 Å². The van der Waals surface area contributed by atoms with Gasteiger partial charge in [0.05, 0.1) is 7.11 Å². The van der Waals surface area contributed by atoms with Gasteiger partial charge in [0.2, 0.25) is 0 Å². The maximum absolute atomic E-state index is 10.9. The monoisotopic (exact) mass is 491 g/mol. The Hall–Kier alpha value is -2.96. The Kier molecular flexibility index (Phi) is 8.72. The second kappa shape index (κ2) is 12.1. The number of rotatable bonds is 10. The molecule has 1 fully saturated rings. The molecule has 3 aromatic rings. The van der Waals surface area contributed by atoms with E-state index in [1.807, 2.05) is 13.0 Å². The van der Waals surface area contributed by atoms with Gasteiger partial charge in [-0.2, -0.15) is 0 Å². The van der Waals surface area contributed by atoms with E-state index in [4.69, 9.17) is 14.6 Å². The Morgan fingerprint density at radius 2 is 1.57 bits per heavy atom. The summed E-state index contributed by atoms with van der Waals surface area (Å²) in [5.41, 5.74) is 3.66. The van der Waals surface area contributed by atoms with E-state index in [-0.39, 0.29) is 6.61 Å². The molecule has 0 aromatic heterocycles. The molecule has 1 aliphatic rings. The number of benzene rings is 3. The van der Waals surface area contributed by atoms with Gasteiger partial charge in [-0.25, -0.2) is 4.79 Å². The lowest BCUT2D eigenvalue weighted by molar-refractivity contribution is -0.139. The van der Waals surface area contributed by atoms with Gasteiger partial charge in [0.25, 0.3) is 0 Å². The number of ether oxygens (including phenoxy) is 2. The minimum Gasteiger partial charge on any atom is -0.495 e. The second-order valence-corrected chi connectivity index (χ2v) is 9.96. The standard InChI is InChI=1S/C29H33NO4S/c1-21-18-28(27(33-2)19-26(21)34-20-29(31)32)35-17-16-30-24(22-10-5-3-6-11-22)14-9-15-25(30)23-12-7-4-8-13-23/h3-8,10-13,18-19,24-25H,9,14-17,20H2,1-2H3,(H,31,32). The van der Waals surface area contributed by atoms with Crippen LogP contribution in [0.4, 0.5) is 0 Å². The van der Waals surface area contributed by atoms with E-state index < -0.39 is 5.97 Å². The van der Waals surface area contributed by atoms with Gasteiger partial charge in [-0.3, -0.25) is 4.90 Å². The van der Waals surface area contributed by atoms with Gasteiger partial charge in [-0.1, -0.05) is 60.7 Å². The van der Waals surface area contributed by atoms with E-state index in [0.717, 1.165) is 35.6 Å². The number of methoxy groups -OCH3 is 1. The molecule has 1 heterocycles. The maximum Gasteiger partial charge on any atom is 0.341 e. The summed E-state index contributed by atoms with van der Waals surface area (Å²) in [7, 11) is 1.64. The molecule has 4 rings (SSSR count). The zero-order chi connectivity index (χ0) is 24.6. The van der Waals surface area contributed by atoms with Crippen molar-refractivity contribution in [1.82, 2.24) is 4.90 Å². The van der Waals surface area contributed by atoms with Gasteiger partial charge >= 0.3 is 5.97 Å². The Bertz CT molecular complexity index is 1060. The van der Waals surface area contributed by atoms with Crippen LogP contribution in [-0.2, 0) is 4.79 Å². The molecule has 6 heteroatoms. The fourth-order valence-electron chi connectivity index (χ4n) is 4.90. The third kappa shape index (κ3) is 6.38. The molecule has 0 radical (unpaired) electrons. The minimum absolute atomic E-state index is 0.368. The molecule has 1 saturated heterocycles. The van der Waals surface area contributed by atoms with Crippen LogP contribution in [0.15, 0.2) is 77.7 Å². The molecule has 0 saturated carbocycles. The van der Waals surface area contributed by atoms with Crippen molar-refractivity contribution in [3.63, 3.8) is 0 Å². The summed E-state index contributed by atoms with van der Waals surface area (Å²) in [4.78, 5) is 14.6. The maximum atomic E-state index is 10.9. The molecule has 1 aliphatic heterocycles. The van der Waals surface area contributed by atoms with Gasteiger partial charge in [-0.15, -0.1) is 11.8 Å². The summed E-state index contributed by atoms with van der Waals surface area (Å²) in [6.07, 6.45) is 3.54. The number of hydrogen-bond donors (Lipinski definition) is 1. The Morgan fingerprint density at radius 1 is 0.971 bits per heavy atom. The highest BCUT2D eigenvalue weighted by molar-refractivity contribution is 7.99. The molecular formula is C29H33NO4S. The summed E-state index contributed by atoms with van der Waals surface area (Å²) in [5, 5.41) is 8.93. The zero-order valence-corrected chi connectivity index (χ0v) is 21.2. The third-order valence-electron chi connectivity index (χ3n) is 6.54. The first-order valence-electron chi connectivity index (χ1n) is 12.1. The van der Waals surface area contributed by atoms with E-state index in [1.54, 1.807) is 24.9 Å². The first-order chi connectivity index (χ1) is 17.1. The molecule has 1 N–H and O–H groups in total. The SMILES string of the molecule is COc1cc(OCC(=O)O)c(C)cc1SCCN1C(c2ccccc2)CCCC1c1ccccc1. The molecule has 0 bridgehead atoms. The van der Waals surface area contributed by atoms with Crippen LogP contribution in [0.1, 0.15) is 48.0 Å². The van der Waals surface area contributed by atoms with Crippen molar-refractivity contribution in [2.24, 2.45) is 0 Å². The van der Waals surface area contributed by atoms with Gasteiger partial charge < -0.3 is 14.6 Å². The number of aryl methyl sites for hydroxylation is 1. The van der Waals surface area contributed by atoms with Crippen LogP contribution in [0.2, 0.25) is 0 Å². The van der Waals surface area contributed by atoms with Crippen molar-refractivity contribution >= 4 is 17.7 Å². The zero-order valence-electron chi connectivity index (χ0n) is 20.4. The van der Waals surface area contributed by atoms with Crippen LogP contribution in [0.25, 0.3) is 0 Å². The summed E-state index contributed by atoms with van der Waals surface area (Å²) >= 11 is 1.77. The highest BCUT2D eigenvalue weighted by Crippen LogP contribution is 2.42. The van der Waals surface area contributed by atoms with Crippen molar-refractivity contribution < 1.29 is 19.4 Å². The second-order valence-electron chi connectivity index (χ2n) is 8.82. The number of likely N-dealkylation sites (tertiary alicyclic amines) is 1. The van der Waals surface area contributed by atoms with E-state index in [9.17, 15) is 4.79 Å². The molecule has 3 aromatic carbocycles. The Labute approximate surface area is 212 Å². The van der Waals surface area contributed by atoms with Crippen molar-refractivity contribution in [1.29, 1.82) is 0 Å². The van der Waals surface area contributed by atoms with Crippen LogP contribution in [0, 0.1) is 6.92 Å². The van der Waals surface area contributed by atoms with Crippen LogP contribution >= 0.6 is 11.8 Å². The van der Waals surface area contributed by atoms with Gasteiger partial charge in [0.1, 0.15) is 11.5 Å². The molecule has 184 valence electrons. The number of thioether (sulfide) groups is 1. The Balaban J connectivity index is 1.52. The number of carboxylic acids is 1. The quantitative estimate of drug-likeness (QED) is 0.326. The van der Waals surface area contributed by atoms with Crippen LogP contribution in [-0.4, -0.2) is 42.0 Å². The van der Waals surface area contributed by atoms with Gasteiger partial charge in [0, 0.05) is 35.3 Å². The Morgan fingerprint density at radius 3 is 2.11 bits per heavy atom. The lowest BCUT2D eigenvalue weighted by Crippen LogP contribution is -2.38. The molecule has 35 heavy (non-hydrogen) atoms. The van der Waals surface area contributed by atoms with Crippen LogP contribution < -0.4 is 9.47 Å². The molecule has 0 amide bonds. The fraction of sp³-hybridized carbons (Fsp3) is 0.345. The van der Waals surface area contributed by atoms with Crippen molar-refractivity contribution in [3.05, 3.63) is 89.5 Å². The van der Waals surface area contributed by atoms with E-state index >= 15 is 0 Å². The number of nitrogens with zero attached hydrogens (tertiary/aromatic N) is 1. The largest absolute Gasteiger partial charge is 0.495 e. The summed E-state index contributed by atoms with van der Waals surface area (Å²) < 4.78 is 11.0. The van der Waals surface area contributed by atoms with Crippen molar-refractivity contribution in [3.8, 4) is 11.5 Å². The number of carbonyl (C=O) groups is 1. The first kappa shape index (κ1) is 25.1. The van der Waals surface area contributed by atoms with E-state index in [2.05, 4.69) is 65.6 Å². The lowest BCUT2D eigenvalue weighted by Gasteiger charge is -2.43. The van der Waals surface area contributed by atoms with Gasteiger partial charge in [-0.05, 0) is 48.9 Å². The summed E-state index contributed by atoms with van der Waals surface area (Å²) in [5.74, 6) is 1.17. The predicted octanol–water partition coefficient (Wildman–Crippen LogP) is 6.53. The highest BCUT2D eigenvalue weighted by atomic mass is 32.2. The van der Waals surface area contributed by atoms with Crippen LogP contribution in [0.5, 0.6) is 11.5 Å². The average Bonchev–Trinajstić information content (AvgIpc) is 2.89. The third-order valence-corrected chi connectivity index (χ3v) is 7.56. The highest BCUT2D eigenvalue weighted by Gasteiger charge is 2.32. The molecular weight excluding hydrogens is 458 g/mol. The van der Waals surface area contributed by atoms with E-state index in [1.165, 1.54) is 17.5 Å². The molecule has 5 nitrogen and oxygen atoms in total. The number of aliphatic carboxylic acids is 1. The van der Waals surface area contributed by atoms with Crippen LogP contribution in [0.3, 0.4) is 0 Å². The topological polar surface area (TPSA) is 59.0 Å². The smallest absolute Gasteiger partial charge is 0.341 e.